The molecule has 0 bridgehead atoms. The Bertz CT molecular complexity index is 3160. The van der Waals surface area contributed by atoms with Crippen LogP contribution in [0.3, 0.4) is 0 Å². The van der Waals surface area contributed by atoms with Crippen LogP contribution in [0.25, 0.3) is 22.5 Å². The van der Waals surface area contributed by atoms with Crippen molar-refractivity contribution in [3.8, 4) is 22.5 Å². The van der Waals surface area contributed by atoms with E-state index in [0.717, 1.165) is 24.8 Å². The molecule has 22 heteroatoms. The van der Waals surface area contributed by atoms with Gasteiger partial charge in [0.15, 0.2) is 19.7 Å². The normalized spacial score (nSPS) is 21.8. The summed E-state index contributed by atoms with van der Waals surface area (Å²) in [5.74, 6) is -6.95. The maximum atomic E-state index is 14.5. The van der Waals surface area contributed by atoms with Gasteiger partial charge in [-0.05, 0) is 55.0 Å². The number of benzene rings is 3. The van der Waals surface area contributed by atoms with E-state index in [1.165, 1.54) is 6.07 Å². The molecule has 0 spiro atoms. The van der Waals surface area contributed by atoms with Crippen LogP contribution in [0.1, 0.15) is 65.4 Å². The molecular weight excluding hydrogens is 939 g/mol. The highest BCUT2D eigenvalue weighted by Gasteiger charge is 2.52. The fraction of sp³-hybridized carbons (Fsp3) is 0.400. The van der Waals surface area contributed by atoms with Crippen molar-refractivity contribution in [3.05, 3.63) is 118 Å². The molecular formula is C45H45F4N7O8S3. The van der Waals surface area contributed by atoms with E-state index in [1.807, 2.05) is 24.0 Å². The Morgan fingerprint density at radius 1 is 0.776 bits per heavy atom. The SMILES string of the molecule is CS(=O)(=O)c1nc(-c2cccc(C3(NC(=O)OCc4ccccc4)CS(=O)(=O)C3)c2)c2c(n1)C(F)(F)CC2.C[C@H]1CCN1c1nc(-c2cccc(C3(N)CS(=O)(=O)C3)c2)c2c(n1)C(F)(F)CC2. The van der Waals surface area contributed by atoms with Crippen molar-refractivity contribution in [1.82, 2.24) is 25.3 Å². The van der Waals surface area contributed by atoms with Gasteiger partial charge in [0.2, 0.25) is 20.9 Å². The number of rotatable bonds is 9. The van der Waals surface area contributed by atoms with Crippen molar-refractivity contribution in [2.45, 2.75) is 79.8 Å². The van der Waals surface area contributed by atoms with E-state index in [0.29, 0.717) is 39.5 Å². The third-order valence-electron chi connectivity index (χ3n) is 12.8. The number of amides is 1. The van der Waals surface area contributed by atoms with Crippen LogP contribution >= 0.6 is 0 Å². The van der Waals surface area contributed by atoms with Crippen LogP contribution in [-0.4, -0.2) is 93.1 Å². The molecule has 3 aliphatic heterocycles. The van der Waals surface area contributed by atoms with Crippen LogP contribution < -0.4 is 16.0 Å². The van der Waals surface area contributed by atoms with Crippen LogP contribution in [0.2, 0.25) is 0 Å². The summed E-state index contributed by atoms with van der Waals surface area (Å²) in [6.45, 7) is 2.74. The van der Waals surface area contributed by atoms with Crippen molar-refractivity contribution in [2.75, 3.05) is 40.7 Å². The van der Waals surface area contributed by atoms with E-state index < -0.39 is 87.3 Å². The zero-order chi connectivity index (χ0) is 48.0. The van der Waals surface area contributed by atoms with Crippen LogP contribution in [0, 0.1) is 0 Å². The molecule has 3 N–H and O–H groups in total. The first kappa shape index (κ1) is 46.5. The number of aromatic nitrogens is 4. The number of sulfone groups is 3. The monoisotopic (exact) mass is 983 g/mol. The highest BCUT2D eigenvalue weighted by atomic mass is 32.2. The first-order chi connectivity index (χ1) is 31.4. The number of hydrogen-bond donors (Lipinski definition) is 2. The Morgan fingerprint density at radius 2 is 1.33 bits per heavy atom. The minimum atomic E-state index is -4.01. The zero-order valence-electron chi connectivity index (χ0n) is 36.2. The third kappa shape index (κ3) is 8.99. The van der Waals surface area contributed by atoms with Gasteiger partial charge in [-0.1, -0.05) is 66.7 Å². The van der Waals surface area contributed by atoms with Gasteiger partial charge in [-0.2, -0.15) is 17.6 Å². The molecule has 3 saturated heterocycles. The quantitative estimate of drug-likeness (QED) is 0.138. The maximum Gasteiger partial charge on any atom is 0.408 e. The second kappa shape index (κ2) is 16.3. The molecule has 3 fully saturated rings. The number of hydrogen-bond acceptors (Lipinski definition) is 14. The van der Waals surface area contributed by atoms with E-state index in [4.69, 9.17) is 10.5 Å². The summed E-state index contributed by atoms with van der Waals surface area (Å²) in [7, 11) is -10.6. The molecule has 67 heavy (non-hydrogen) atoms. The Kier molecular flexibility index (Phi) is 11.3. The van der Waals surface area contributed by atoms with Crippen molar-refractivity contribution in [2.24, 2.45) is 5.73 Å². The summed E-state index contributed by atoms with van der Waals surface area (Å²) >= 11 is 0. The van der Waals surface area contributed by atoms with Crippen LogP contribution in [0.15, 0.2) is 84.0 Å². The molecule has 1 amide bonds. The average Bonchev–Trinajstić information content (AvgIpc) is 3.73. The first-order valence-electron chi connectivity index (χ1n) is 21.3. The van der Waals surface area contributed by atoms with Crippen molar-refractivity contribution >= 4 is 41.6 Å². The summed E-state index contributed by atoms with van der Waals surface area (Å²) in [5.41, 5.74) is 7.12. The van der Waals surface area contributed by atoms with Gasteiger partial charge >= 0.3 is 6.09 Å². The van der Waals surface area contributed by atoms with Gasteiger partial charge in [-0.25, -0.2) is 50.0 Å². The average molecular weight is 984 g/mol. The van der Waals surface area contributed by atoms with Crippen molar-refractivity contribution in [1.29, 1.82) is 0 Å². The standard InChI is InChI=1S/C25H23F2N3O6S2.C20H22F2N4O2S/c1-37(32,33)22-28-20(19-10-11-25(26,27)21(19)29-22)17-8-5-9-18(12-17)24(14-38(34,35)15-24)30-23(31)36-13-16-6-3-2-4-7-16;1-12-6-8-26(12)18-24-16(15-5-7-20(21,22)17(15)25-18)13-3-2-4-14(9-13)19(23)10-29(27,28)11-19/h2-9,12H,10-11,13-15H2,1H3,(H,30,31);2-4,9,12H,5-8,10-11,23H2,1H3/t;12-/m.0/s1. The summed E-state index contributed by atoms with van der Waals surface area (Å²) in [6, 6.07) is 22.6. The van der Waals surface area contributed by atoms with Crippen molar-refractivity contribution < 1.29 is 52.3 Å². The lowest BCUT2D eigenvalue weighted by Crippen LogP contribution is -2.62. The number of alkyl carbamates (subject to hydrolysis) is 1. The molecule has 0 radical (unpaired) electrons. The lowest BCUT2D eigenvalue weighted by molar-refractivity contribution is -0.00685. The van der Waals surface area contributed by atoms with Gasteiger partial charge in [-0.3, -0.25) is 0 Å². The minimum Gasteiger partial charge on any atom is -0.445 e. The number of alkyl halides is 4. The number of ether oxygens (including phenoxy) is 1. The van der Waals surface area contributed by atoms with E-state index in [-0.39, 0.29) is 60.4 Å². The predicted octanol–water partition coefficient (Wildman–Crippen LogP) is 5.50. The van der Waals surface area contributed by atoms with E-state index >= 15 is 0 Å². The molecule has 10 rings (SSSR count). The summed E-state index contributed by atoms with van der Waals surface area (Å²) in [6.07, 6.45) is 0.328. The Balaban J connectivity index is 0.000000174. The number of fused-ring (bicyclic) bond motifs is 2. The molecule has 0 saturated carbocycles. The zero-order valence-corrected chi connectivity index (χ0v) is 38.6. The molecule has 3 aromatic carbocycles. The number of carbonyl (C=O) groups is 1. The maximum absolute atomic E-state index is 14.5. The summed E-state index contributed by atoms with van der Waals surface area (Å²) in [4.78, 5) is 31.3. The Morgan fingerprint density at radius 3 is 1.87 bits per heavy atom. The van der Waals surface area contributed by atoms with E-state index in [2.05, 4.69) is 25.3 Å². The first-order valence-corrected chi connectivity index (χ1v) is 26.9. The lowest BCUT2D eigenvalue weighted by atomic mass is 9.90. The van der Waals surface area contributed by atoms with Gasteiger partial charge in [-0.15, -0.1) is 0 Å². The predicted molar refractivity (Wildman–Crippen MR) is 239 cm³/mol. The van der Waals surface area contributed by atoms with Gasteiger partial charge in [0.25, 0.3) is 11.8 Å². The molecule has 5 aromatic rings. The largest absolute Gasteiger partial charge is 0.445 e. The molecule has 0 unspecified atom stereocenters. The molecule has 354 valence electrons. The van der Waals surface area contributed by atoms with Gasteiger partial charge in [0.05, 0.1) is 45.5 Å². The summed E-state index contributed by atoms with van der Waals surface area (Å²) < 4.78 is 135. The fourth-order valence-corrected chi connectivity index (χ4v) is 13.5. The minimum absolute atomic E-state index is 0.0227. The van der Waals surface area contributed by atoms with Gasteiger partial charge < -0.3 is 20.7 Å². The second-order valence-corrected chi connectivity index (χ2v) is 24.1. The molecule has 2 aliphatic carbocycles. The number of nitrogens with zero attached hydrogens (tertiary/aromatic N) is 5. The number of nitrogens with two attached hydrogens (primary N) is 1. The molecule has 2 aromatic heterocycles. The Hall–Kier alpha value is -5.58. The Labute approximate surface area is 384 Å². The second-order valence-electron chi connectivity index (χ2n) is 18.0. The topological polar surface area (TPSA) is 222 Å². The van der Waals surface area contributed by atoms with Gasteiger partial charge in [0.1, 0.15) is 18.0 Å². The van der Waals surface area contributed by atoms with Crippen LogP contribution in [0.5, 0.6) is 0 Å². The molecule has 15 nitrogen and oxygen atoms in total. The third-order valence-corrected chi connectivity index (χ3v) is 17.4. The number of halogens is 4. The highest BCUT2D eigenvalue weighted by molar-refractivity contribution is 7.93. The number of anilines is 1. The highest BCUT2D eigenvalue weighted by Crippen LogP contribution is 2.47. The smallest absolute Gasteiger partial charge is 0.408 e. The van der Waals surface area contributed by atoms with E-state index in [1.54, 1.807) is 60.7 Å². The molecule has 5 aliphatic rings. The fourth-order valence-electron chi connectivity index (χ4n) is 9.22. The number of carbonyl (C=O) groups excluding carboxylic acids is 1. The molecule has 1 atom stereocenters. The molecule has 5 heterocycles. The number of nitrogens with one attached hydrogen (secondary N) is 1. The van der Waals surface area contributed by atoms with Crippen molar-refractivity contribution in [3.63, 3.8) is 0 Å². The van der Waals surface area contributed by atoms with Crippen LogP contribution in [-0.2, 0) is 76.6 Å². The lowest BCUT2D eigenvalue weighted by Gasteiger charge is -2.41. The van der Waals surface area contributed by atoms with Crippen LogP contribution in [0.4, 0.5) is 28.3 Å². The van der Waals surface area contributed by atoms with Gasteiger partial charge in [0, 0.05) is 53.9 Å². The summed E-state index contributed by atoms with van der Waals surface area (Å²) in [5, 5.41) is 1.94. The van der Waals surface area contributed by atoms with E-state index in [9.17, 15) is 47.6 Å².